The van der Waals surface area contributed by atoms with Gasteiger partial charge < -0.3 is 14.2 Å². The number of pyridine rings is 1. The number of hydrogen-bond donors (Lipinski definition) is 1. The van der Waals surface area contributed by atoms with Gasteiger partial charge in [0.05, 0.1) is 15.3 Å². The van der Waals surface area contributed by atoms with E-state index in [1.54, 1.807) is 36.5 Å². The maximum atomic E-state index is 11.6. The Balaban J connectivity index is 0.00000193. The number of hydrogen-bond acceptors (Lipinski definition) is 10. The molecule has 0 spiro atoms. The van der Waals surface area contributed by atoms with Gasteiger partial charge in [0.2, 0.25) is 0 Å². The number of azo groups is 1. The molecule has 0 amide bonds. The van der Waals surface area contributed by atoms with Crippen LogP contribution in [0.25, 0.3) is 21.7 Å². The minimum atomic E-state index is -5.15. The van der Waals surface area contributed by atoms with E-state index < -0.39 is 35.8 Å². The zero-order valence-electron chi connectivity index (χ0n) is 17.3. The summed E-state index contributed by atoms with van der Waals surface area (Å²) >= 11 is 0. The minimum Gasteiger partial charge on any atom is -0.744 e. The molecule has 0 saturated carbocycles. The normalized spacial score (nSPS) is 11.9. The molecule has 158 valence electrons. The van der Waals surface area contributed by atoms with Crippen LogP contribution < -0.4 is 59.1 Å². The first-order valence-electron chi connectivity index (χ1n) is 8.53. The van der Waals surface area contributed by atoms with Crippen LogP contribution in [-0.4, -0.2) is 36.0 Å². The van der Waals surface area contributed by atoms with Gasteiger partial charge in [0, 0.05) is 17.0 Å². The SMILES string of the molecule is O=S(=O)([O-])c1ccc2c(N=Nc3cccc4cccnc34)c(O)c(S(=O)(=O)[O-])cc2c1.[Na+].[Na+]. The van der Waals surface area contributed by atoms with Crippen molar-refractivity contribution < 1.29 is 90.2 Å². The van der Waals surface area contributed by atoms with E-state index in [1.807, 2.05) is 0 Å². The van der Waals surface area contributed by atoms with Crippen LogP contribution in [0.3, 0.4) is 0 Å². The standard InChI is InChI=1S/C19H13N3O7S2.2Na/c23-19-16(31(27,28)29)10-12-9-13(30(24,25)26)6-7-14(12)18(19)22-21-15-5-1-3-11-4-2-8-20-17(11)15;;/h1-10,23H,(H,24,25,26)(H,27,28,29);;/q;2*+1/p-2. The molecule has 0 atom stereocenters. The van der Waals surface area contributed by atoms with Crippen LogP contribution in [0.5, 0.6) is 5.75 Å². The molecule has 3 aromatic carbocycles. The predicted octanol–water partition coefficient (Wildman–Crippen LogP) is -2.67. The molecule has 1 heterocycles. The predicted molar refractivity (Wildman–Crippen MR) is 107 cm³/mol. The van der Waals surface area contributed by atoms with E-state index in [2.05, 4.69) is 15.2 Å². The molecule has 1 N–H and O–H groups in total. The summed E-state index contributed by atoms with van der Waals surface area (Å²) in [5, 5.41) is 19.1. The Labute approximate surface area is 232 Å². The second-order valence-corrected chi connectivity index (χ2v) is 9.14. The van der Waals surface area contributed by atoms with E-state index in [0.29, 0.717) is 11.2 Å². The van der Waals surface area contributed by atoms with Crippen LogP contribution in [0.2, 0.25) is 0 Å². The van der Waals surface area contributed by atoms with E-state index in [4.69, 9.17) is 0 Å². The Bertz CT molecular complexity index is 1600. The summed E-state index contributed by atoms with van der Waals surface area (Å²) in [7, 11) is -10.0. The first-order chi connectivity index (χ1) is 14.6. The summed E-state index contributed by atoms with van der Waals surface area (Å²) in [5.41, 5.74) is 0.416. The van der Waals surface area contributed by atoms with Crippen LogP contribution >= 0.6 is 0 Å². The molecule has 10 nitrogen and oxygen atoms in total. The summed E-state index contributed by atoms with van der Waals surface area (Å²) in [5.74, 6) is -0.947. The smallest absolute Gasteiger partial charge is 0.744 e. The van der Waals surface area contributed by atoms with Crippen LogP contribution in [0, 0.1) is 0 Å². The largest absolute Gasteiger partial charge is 1.00 e. The molecule has 0 radical (unpaired) electrons. The number of phenolic OH excluding ortho intramolecular Hbond substituents is 1. The van der Waals surface area contributed by atoms with Crippen LogP contribution in [0.4, 0.5) is 11.4 Å². The molecule has 4 rings (SSSR count). The molecule has 0 saturated heterocycles. The molecular weight excluding hydrogens is 492 g/mol. The van der Waals surface area contributed by atoms with Crippen molar-refractivity contribution in [2.45, 2.75) is 9.79 Å². The Morgan fingerprint density at radius 3 is 2.18 bits per heavy atom. The van der Waals surface area contributed by atoms with Crippen molar-refractivity contribution in [1.82, 2.24) is 4.98 Å². The van der Waals surface area contributed by atoms with E-state index >= 15 is 0 Å². The average molecular weight is 503 g/mol. The van der Waals surface area contributed by atoms with Gasteiger partial charge in [0.1, 0.15) is 31.6 Å². The number of phenols is 1. The van der Waals surface area contributed by atoms with E-state index in [9.17, 15) is 31.0 Å². The molecule has 14 heteroatoms. The van der Waals surface area contributed by atoms with Gasteiger partial charge >= 0.3 is 59.1 Å². The van der Waals surface area contributed by atoms with E-state index in [0.717, 1.165) is 29.7 Å². The molecule has 0 unspecified atom stereocenters. The van der Waals surface area contributed by atoms with Crippen molar-refractivity contribution in [3.8, 4) is 5.75 Å². The Morgan fingerprint density at radius 1 is 0.818 bits per heavy atom. The number of para-hydroxylation sites is 1. The summed E-state index contributed by atoms with van der Waals surface area (Å²) in [6, 6.07) is 12.4. The minimum absolute atomic E-state index is 0. The number of benzene rings is 3. The van der Waals surface area contributed by atoms with Crippen molar-refractivity contribution in [3.05, 3.63) is 60.8 Å². The Morgan fingerprint density at radius 2 is 1.52 bits per heavy atom. The second kappa shape index (κ2) is 10.4. The summed E-state index contributed by atoms with van der Waals surface area (Å²) in [4.78, 5) is 2.55. The fourth-order valence-electron chi connectivity index (χ4n) is 3.05. The number of nitrogens with zero attached hydrogens (tertiary/aromatic N) is 3. The first-order valence-corrected chi connectivity index (χ1v) is 11.3. The van der Waals surface area contributed by atoms with Crippen molar-refractivity contribution in [3.63, 3.8) is 0 Å². The van der Waals surface area contributed by atoms with Gasteiger partial charge in [0.25, 0.3) is 0 Å². The van der Waals surface area contributed by atoms with Gasteiger partial charge in [-0.15, -0.1) is 10.2 Å². The molecule has 1 aromatic heterocycles. The molecule has 0 aliphatic carbocycles. The summed E-state index contributed by atoms with van der Waals surface area (Å²) < 4.78 is 68.7. The van der Waals surface area contributed by atoms with Crippen molar-refractivity contribution in [1.29, 1.82) is 0 Å². The van der Waals surface area contributed by atoms with Gasteiger partial charge in [0.15, 0.2) is 5.75 Å². The van der Waals surface area contributed by atoms with E-state index in [-0.39, 0.29) is 75.6 Å². The van der Waals surface area contributed by atoms with Crippen molar-refractivity contribution >= 4 is 53.3 Å². The zero-order chi connectivity index (χ0) is 22.4. The van der Waals surface area contributed by atoms with E-state index in [1.165, 1.54) is 0 Å². The molecule has 0 fully saturated rings. The third-order valence-corrected chi connectivity index (χ3v) is 6.13. The third-order valence-electron chi connectivity index (χ3n) is 4.45. The molecular formula is C19H11N3Na2O7S2. The molecule has 4 aromatic rings. The van der Waals surface area contributed by atoms with Gasteiger partial charge in [-0.2, -0.15) is 0 Å². The fraction of sp³-hybridized carbons (Fsp3) is 0. The number of aromatic hydroxyl groups is 1. The molecule has 0 aliphatic heterocycles. The van der Waals surface area contributed by atoms with Crippen LogP contribution in [0.1, 0.15) is 0 Å². The van der Waals surface area contributed by atoms with Gasteiger partial charge in [-0.1, -0.05) is 24.3 Å². The molecule has 0 bridgehead atoms. The molecule has 33 heavy (non-hydrogen) atoms. The average Bonchev–Trinajstić information content (AvgIpc) is 2.71. The zero-order valence-corrected chi connectivity index (χ0v) is 23.0. The van der Waals surface area contributed by atoms with Gasteiger partial charge in [-0.05, 0) is 35.7 Å². The summed E-state index contributed by atoms with van der Waals surface area (Å²) in [6.45, 7) is 0. The van der Waals surface area contributed by atoms with Gasteiger partial charge in [-0.25, -0.2) is 16.8 Å². The van der Waals surface area contributed by atoms with Gasteiger partial charge in [-0.3, -0.25) is 4.98 Å². The topological polar surface area (TPSA) is 172 Å². The van der Waals surface area contributed by atoms with Crippen molar-refractivity contribution in [2.24, 2.45) is 10.2 Å². The first kappa shape index (κ1) is 27.8. The van der Waals surface area contributed by atoms with Crippen LogP contribution in [0.15, 0.2) is 80.8 Å². The second-order valence-electron chi connectivity index (χ2n) is 6.42. The Kier molecular flexibility index (Phi) is 8.79. The number of rotatable bonds is 4. The fourth-order valence-corrected chi connectivity index (χ4v) is 4.16. The summed E-state index contributed by atoms with van der Waals surface area (Å²) in [6.07, 6.45) is 1.55. The maximum absolute atomic E-state index is 11.6. The third kappa shape index (κ3) is 5.80. The monoisotopic (exact) mass is 503 g/mol. The van der Waals surface area contributed by atoms with Crippen molar-refractivity contribution in [2.75, 3.05) is 0 Å². The van der Waals surface area contributed by atoms with Crippen LogP contribution in [-0.2, 0) is 20.2 Å². The quantitative estimate of drug-likeness (QED) is 0.178. The molecule has 0 aliphatic rings. The maximum Gasteiger partial charge on any atom is 1.00 e. The Hall–Kier alpha value is -1.45. The number of aromatic nitrogens is 1. The number of fused-ring (bicyclic) bond motifs is 2.